The molecule has 1 rings (SSSR count). The van der Waals surface area contributed by atoms with Crippen LogP contribution in [0.5, 0.6) is 0 Å². The lowest BCUT2D eigenvalue weighted by atomic mass is 10.0. The molecule has 0 spiro atoms. The summed E-state index contributed by atoms with van der Waals surface area (Å²) in [6.07, 6.45) is 8.76. The van der Waals surface area contributed by atoms with Crippen molar-refractivity contribution in [1.82, 2.24) is 10.6 Å². The van der Waals surface area contributed by atoms with Gasteiger partial charge in [0.1, 0.15) is 0 Å². The third kappa shape index (κ3) is 6.72. The number of nitrogens with one attached hydrogen (secondary N) is 2. The molecule has 3 heteroatoms. The van der Waals surface area contributed by atoms with Crippen molar-refractivity contribution in [2.24, 2.45) is 5.92 Å². The highest BCUT2D eigenvalue weighted by molar-refractivity contribution is 4.76. The van der Waals surface area contributed by atoms with E-state index in [4.69, 9.17) is 5.11 Å². The third-order valence-corrected chi connectivity index (χ3v) is 4.17. The summed E-state index contributed by atoms with van der Waals surface area (Å²) in [6, 6.07) is 1.28. The van der Waals surface area contributed by atoms with Crippen LogP contribution in [0.3, 0.4) is 0 Å². The van der Waals surface area contributed by atoms with E-state index in [-0.39, 0.29) is 0 Å². The molecule has 0 amide bonds. The molecule has 3 N–H and O–H groups in total. The lowest BCUT2D eigenvalue weighted by Gasteiger charge is -2.23. The number of hydrogen-bond acceptors (Lipinski definition) is 3. The van der Waals surface area contributed by atoms with Crippen molar-refractivity contribution in [2.75, 3.05) is 19.7 Å². The summed E-state index contributed by atoms with van der Waals surface area (Å²) in [4.78, 5) is 0. The zero-order valence-corrected chi connectivity index (χ0v) is 12.3. The maximum atomic E-state index is 8.99. The fourth-order valence-electron chi connectivity index (χ4n) is 2.81. The average Bonchev–Trinajstić information content (AvgIpc) is 2.63. The van der Waals surface area contributed by atoms with Gasteiger partial charge in [0, 0.05) is 18.7 Å². The van der Waals surface area contributed by atoms with Gasteiger partial charge in [-0.1, -0.05) is 26.2 Å². The molecule has 3 nitrogen and oxygen atoms in total. The van der Waals surface area contributed by atoms with Crippen LogP contribution in [0, 0.1) is 5.92 Å². The largest absolute Gasteiger partial charge is 0.396 e. The smallest absolute Gasteiger partial charge is 0.0434 e. The van der Waals surface area contributed by atoms with E-state index in [9.17, 15) is 0 Å². The quantitative estimate of drug-likeness (QED) is 0.624. The van der Waals surface area contributed by atoms with E-state index in [2.05, 4.69) is 24.5 Å². The van der Waals surface area contributed by atoms with Gasteiger partial charge in [-0.25, -0.2) is 0 Å². The lowest BCUT2D eigenvalue weighted by Crippen LogP contribution is -2.38. The Kier molecular flexibility index (Phi) is 8.64. The van der Waals surface area contributed by atoms with Crippen LogP contribution in [-0.2, 0) is 0 Å². The summed E-state index contributed by atoms with van der Waals surface area (Å²) in [7, 11) is 0. The van der Waals surface area contributed by atoms with Crippen LogP contribution in [0.4, 0.5) is 0 Å². The summed E-state index contributed by atoms with van der Waals surface area (Å²) in [6.45, 7) is 7.06. The summed E-state index contributed by atoms with van der Waals surface area (Å²) < 4.78 is 0. The molecule has 0 saturated carbocycles. The molecule has 108 valence electrons. The summed E-state index contributed by atoms with van der Waals surface area (Å²) in [5.74, 6) is 0.625. The van der Waals surface area contributed by atoms with E-state index >= 15 is 0 Å². The van der Waals surface area contributed by atoms with Gasteiger partial charge < -0.3 is 15.7 Å². The lowest BCUT2D eigenvalue weighted by molar-refractivity contribution is 0.247. The molecule has 3 atom stereocenters. The molecule has 0 bridgehead atoms. The fraction of sp³-hybridized carbons (Fsp3) is 1.00. The molecule has 0 aromatic rings. The second-order valence-electron chi connectivity index (χ2n) is 5.83. The molecule has 0 aromatic heterocycles. The third-order valence-electron chi connectivity index (χ3n) is 4.17. The molecule has 18 heavy (non-hydrogen) atoms. The van der Waals surface area contributed by atoms with Crippen LogP contribution in [0.2, 0.25) is 0 Å². The molecule has 0 aromatic carbocycles. The highest BCUT2D eigenvalue weighted by atomic mass is 16.3. The first kappa shape index (κ1) is 15.9. The molecule has 1 heterocycles. The van der Waals surface area contributed by atoms with Gasteiger partial charge in [0.05, 0.1) is 0 Å². The van der Waals surface area contributed by atoms with Crippen molar-refractivity contribution in [3.63, 3.8) is 0 Å². The topological polar surface area (TPSA) is 44.3 Å². The first-order chi connectivity index (χ1) is 8.76. The standard InChI is InChI=1S/C15H32N2O/c1-3-14(8-10-18)12-17-13(2)11-15-7-5-4-6-9-16-15/h13-18H,3-12H2,1-2H3. The number of aliphatic hydroxyl groups is 1. The van der Waals surface area contributed by atoms with E-state index < -0.39 is 0 Å². The van der Waals surface area contributed by atoms with Gasteiger partial charge in [-0.3, -0.25) is 0 Å². The van der Waals surface area contributed by atoms with Crippen LogP contribution >= 0.6 is 0 Å². The van der Waals surface area contributed by atoms with Gasteiger partial charge in [0.15, 0.2) is 0 Å². The molecule has 1 aliphatic rings. The Morgan fingerprint density at radius 2 is 2.17 bits per heavy atom. The minimum atomic E-state index is 0.318. The monoisotopic (exact) mass is 256 g/mol. The van der Waals surface area contributed by atoms with Crippen molar-refractivity contribution in [1.29, 1.82) is 0 Å². The molecule has 0 aliphatic carbocycles. The SMILES string of the molecule is CCC(CCO)CNC(C)CC1CCCCCN1. The summed E-state index contributed by atoms with van der Waals surface area (Å²) in [5.41, 5.74) is 0. The second-order valence-corrected chi connectivity index (χ2v) is 5.83. The van der Waals surface area contributed by atoms with Gasteiger partial charge in [-0.05, 0) is 51.6 Å². The number of rotatable bonds is 8. The van der Waals surface area contributed by atoms with Crippen LogP contribution in [-0.4, -0.2) is 36.9 Å². The highest BCUT2D eigenvalue weighted by Gasteiger charge is 2.15. The second kappa shape index (κ2) is 9.76. The zero-order chi connectivity index (χ0) is 13.2. The van der Waals surface area contributed by atoms with E-state index in [0.717, 1.165) is 19.4 Å². The first-order valence-electron chi connectivity index (χ1n) is 7.83. The Labute approximate surface area is 113 Å². The van der Waals surface area contributed by atoms with Crippen molar-refractivity contribution in [2.45, 2.75) is 70.9 Å². The molecule has 3 unspecified atom stereocenters. The minimum absolute atomic E-state index is 0.318. The summed E-state index contributed by atoms with van der Waals surface area (Å²) in [5, 5.41) is 16.3. The average molecular weight is 256 g/mol. The fourth-order valence-corrected chi connectivity index (χ4v) is 2.81. The van der Waals surface area contributed by atoms with Gasteiger partial charge in [-0.15, -0.1) is 0 Å². The molecule has 0 radical (unpaired) electrons. The van der Waals surface area contributed by atoms with Crippen molar-refractivity contribution in [3.05, 3.63) is 0 Å². The Balaban J connectivity index is 2.16. The summed E-state index contributed by atoms with van der Waals surface area (Å²) >= 11 is 0. The van der Waals surface area contributed by atoms with E-state index in [0.29, 0.717) is 24.6 Å². The van der Waals surface area contributed by atoms with Gasteiger partial charge in [-0.2, -0.15) is 0 Å². The number of hydrogen-bond donors (Lipinski definition) is 3. The minimum Gasteiger partial charge on any atom is -0.396 e. The molecular formula is C15H32N2O. The van der Waals surface area contributed by atoms with Crippen LogP contribution in [0.15, 0.2) is 0 Å². The van der Waals surface area contributed by atoms with Gasteiger partial charge in [0.25, 0.3) is 0 Å². The van der Waals surface area contributed by atoms with Crippen LogP contribution in [0.1, 0.15) is 58.8 Å². The Bertz CT molecular complexity index is 191. The van der Waals surface area contributed by atoms with E-state index in [1.54, 1.807) is 0 Å². The van der Waals surface area contributed by atoms with Crippen molar-refractivity contribution in [3.8, 4) is 0 Å². The van der Waals surface area contributed by atoms with E-state index in [1.165, 1.54) is 38.6 Å². The first-order valence-corrected chi connectivity index (χ1v) is 7.83. The van der Waals surface area contributed by atoms with Crippen molar-refractivity contribution >= 4 is 0 Å². The zero-order valence-electron chi connectivity index (χ0n) is 12.3. The predicted molar refractivity (Wildman–Crippen MR) is 77.8 cm³/mol. The van der Waals surface area contributed by atoms with E-state index in [1.807, 2.05) is 0 Å². The maximum absolute atomic E-state index is 8.99. The molecule has 1 fully saturated rings. The molecule has 1 aliphatic heterocycles. The Morgan fingerprint density at radius 1 is 1.33 bits per heavy atom. The number of aliphatic hydroxyl groups excluding tert-OH is 1. The van der Waals surface area contributed by atoms with Gasteiger partial charge >= 0.3 is 0 Å². The Morgan fingerprint density at radius 3 is 2.89 bits per heavy atom. The maximum Gasteiger partial charge on any atom is 0.0434 e. The van der Waals surface area contributed by atoms with Crippen molar-refractivity contribution < 1.29 is 5.11 Å². The van der Waals surface area contributed by atoms with Gasteiger partial charge in [0.2, 0.25) is 0 Å². The predicted octanol–water partition coefficient (Wildman–Crippen LogP) is 2.30. The van der Waals surface area contributed by atoms with Crippen LogP contribution in [0.25, 0.3) is 0 Å². The highest BCUT2D eigenvalue weighted by Crippen LogP contribution is 2.13. The molecular weight excluding hydrogens is 224 g/mol. The normalized spacial score (nSPS) is 24.5. The molecule has 1 saturated heterocycles. The van der Waals surface area contributed by atoms with Crippen LogP contribution < -0.4 is 10.6 Å². The Hall–Kier alpha value is -0.120.